The first-order valence-corrected chi connectivity index (χ1v) is 7.67. The second kappa shape index (κ2) is 5.65. The molecule has 116 valence electrons. The van der Waals surface area contributed by atoms with E-state index in [1.165, 1.54) is 0 Å². The van der Waals surface area contributed by atoms with E-state index in [0.717, 1.165) is 17.1 Å². The lowest BCUT2D eigenvalue weighted by molar-refractivity contribution is -0.119. The molecule has 5 nitrogen and oxygen atoms in total. The molecule has 1 aromatic carbocycles. The quantitative estimate of drug-likeness (QED) is 0.945. The SMILES string of the molecule is CC1CC(C(N)=O)c2ccccc2N1Cc1ncc(Cl)n1C. The number of aromatic nitrogens is 2. The molecule has 2 atom stereocenters. The lowest BCUT2D eigenvalue weighted by Crippen LogP contribution is -2.41. The van der Waals surface area contributed by atoms with Gasteiger partial charge in [0.2, 0.25) is 5.91 Å². The monoisotopic (exact) mass is 318 g/mol. The van der Waals surface area contributed by atoms with E-state index >= 15 is 0 Å². The maximum atomic E-state index is 11.8. The van der Waals surface area contributed by atoms with E-state index in [4.69, 9.17) is 17.3 Å². The van der Waals surface area contributed by atoms with Crippen molar-refractivity contribution in [3.05, 3.63) is 47.0 Å². The van der Waals surface area contributed by atoms with Crippen LogP contribution in [0.15, 0.2) is 30.5 Å². The third-order valence-electron chi connectivity index (χ3n) is 4.41. The summed E-state index contributed by atoms with van der Waals surface area (Å²) in [5, 5.41) is 0.614. The summed E-state index contributed by atoms with van der Waals surface area (Å²) in [5.74, 6) is 0.399. The molecular formula is C16H19ClN4O. The van der Waals surface area contributed by atoms with E-state index < -0.39 is 0 Å². The van der Waals surface area contributed by atoms with Crippen LogP contribution >= 0.6 is 11.6 Å². The van der Waals surface area contributed by atoms with E-state index in [1.807, 2.05) is 35.9 Å². The molecule has 0 spiro atoms. The van der Waals surface area contributed by atoms with Crippen LogP contribution in [0.25, 0.3) is 0 Å². The van der Waals surface area contributed by atoms with Gasteiger partial charge in [-0.2, -0.15) is 0 Å². The van der Waals surface area contributed by atoms with Gasteiger partial charge in [0.15, 0.2) is 0 Å². The van der Waals surface area contributed by atoms with Crippen molar-refractivity contribution in [2.45, 2.75) is 31.8 Å². The molecule has 1 aromatic heterocycles. The topological polar surface area (TPSA) is 64.2 Å². The minimum absolute atomic E-state index is 0.197. The second-order valence-corrected chi connectivity index (χ2v) is 6.17. The largest absolute Gasteiger partial charge is 0.369 e. The summed E-state index contributed by atoms with van der Waals surface area (Å²) in [6, 6.07) is 8.14. The molecule has 2 N–H and O–H groups in total. The van der Waals surface area contributed by atoms with Crippen LogP contribution in [0.5, 0.6) is 0 Å². The fraction of sp³-hybridized carbons (Fsp3) is 0.375. The summed E-state index contributed by atoms with van der Waals surface area (Å²) in [4.78, 5) is 18.4. The number of primary amides is 1. The Hall–Kier alpha value is -2.01. The van der Waals surface area contributed by atoms with Crippen LogP contribution in [0.4, 0.5) is 5.69 Å². The van der Waals surface area contributed by atoms with Crippen LogP contribution in [-0.2, 0) is 18.4 Å². The highest BCUT2D eigenvalue weighted by Crippen LogP contribution is 2.38. The molecular weight excluding hydrogens is 300 g/mol. The van der Waals surface area contributed by atoms with Crippen molar-refractivity contribution in [2.24, 2.45) is 12.8 Å². The number of hydrogen-bond donors (Lipinski definition) is 1. The molecule has 0 bridgehead atoms. The van der Waals surface area contributed by atoms with Crippen molar-refractivity contribution < 1.29 is 4.79 Å². The first-order valence-electron chi connectivity index (χ1n) is 7.30. The fourth-order valence-electron chi connectivity index (χ4n) is 3.11. The Labute approximate surface area is 134 Å². The summed E-state index contributed by atoms with van der Waals surface area (Å²) in [5.41, 5.74) is 7.62. The van der Waals surface area contributed by atoms with Crippen molar-refractivity contribution in [1.82, 2.24) is 9.55 Å². The molecule has 6 heteroatoms. The van der Waals surface area contributed by atoms with Gasteiger partial charge in [-0.25, -0.2) is 4.98 Å². The van der Waals surface area contributed by atoms with Gasteiger partial charge in [-0.15, -0.1) is 0 Å². The van der Waals surface area contributed by atoms with Gasteiger partial charge in [-0.1, -0.05) is 29.8 Å². The summed E-state index contributed by atoms with van der Waals surface area (Å²) < 4.78 is 1.87. The number of para-hydroxylation sites is 1. The third-order valence-corrected chi connectivity index (χ3v) is 4.76. The van der Waals surface area contributed by atoms with Crippen molar-refractivity contribution in [3.63, 3.8) is 0 Å². The number of fused-ring (bicyclic) bond motifs is 1. The lowest BCUT2D eigenvalue weighted by atomic mass is 9.85. The van der Waals surface area contributed by atoms with Crippen LogP contribution in [0, 0.1) is 0 Å². The van der Waals surface area contributed by atoms with Crippen LogP contribution < -0.4 is 10.6 Å². The highest BCUT2D eigenvalue weighted by atomic mass is 35.5. The van der Waals surface area contributed by atoms with E-state index in [2.05, 4.69) is 16.8 Å². The highest BCUT2D eigenvalue weighted by Gasteiger charge is 2.33. The van der Waals surface area contributed by atoms with E-state index in [1.54, 1.807) is 6.20 Å². The summed E-state index contributed by atoms with van der Waals surface area (Å²) >= 11 is 6.07. The predicted octanol–water partition coefficient (Wildman–Crippen LogP) is 2.44. The molecule has 0 fully saturated rings. The van der Waals surface area contributed by atoms with Crippen LogP contribution in [0.3, 0.4) is 0 Å². The maximum absolute atomic E-state index is 11.8. The van der Waals surface area contributed by atoms with Crippen LogP contribution in [-0.4, -0.2) is 21.5 Å². The molecule has 0 aliphatic carbocycles. The number of halogens is 1. The molecule has 0 radical (unpaired) electrons. The van der Waals surface area contributed by atoms with Gasteiger partial charge in [0.1, 0.15) is 11.0 Å². The smallest absolute Gasteiger partial charge is 0.225 e. The Balaban J connectivity index is 1.99. The summed E-state index contributed by atoms with van der Waals surface area (Å²) in [7, 11) is 1.90. The summed E-state index contributed by atoms with van der Waals surface area (Å²) in [6.07, 6.45) is 2.37. The standard InChI is InChI=1S/C16H19ClN4O/c1-10-7-12(16(18)22)11-5-3-4-6-13(11)21(10)9-15-19-8-14(17)20(15)2/h3-6,8,10,12H,7,9H2,1-2H3,(H2,18,22). The Morgan fingerprint density at radius 2 is 2.18 bits per heavy atom. The zero-order valence-electron chi connectivity index (χ0n) is 12.7. The molecule has 0 saturated carbocycles. The van der Waals surface area contributed by atoms with Crippen molar-refractivity contribution >= 4 is 23.2 Å². The summed E-state index contributed by atoms with van der Waals surface area (Å²) in [6.45, 7) is 2.75. The van der Waals surface area contributed by atoms with E-state index in [9.17, 15) is 4.79 Å². The number of nitrogens with two attached hydrogens (primary N) is 1. The van der Waals surface area contributed by atoms with Crippen LogP contribution in [0.1, 0.15) is 30.7 Å². The normalized spacial score (nSPS) is 20.8. The highest BCUT2D eigenvalue weighted by molar-refractivity contribution is 6.29. The number of hydrogen-bond acceptors (Lipinski definition) is 3. The number of carbonyl (C=O) groups is 1. The Bertz CT molecular complexity index is 712. The predicted molar refractivity (Wildman–Crippen MR) is 86.9 cm³/mol. The van der Waals surface area contributed by atoms with Gasteiger partial charge in [0.05, 0.1) is 18.7 Å². The fourth-order valence-corrected chi connectivity index (χ4v) is 3.26. The number of carbonyl (C=O) groups excluding carboxylic acids is 1. The Morgan fingerprint density at radius 3 is 2.82 bits per heavy atom. The molecule has 22 heavy (non-hydrogen) atoms. The van der Waals surface area contributed by atoms with Crippen molar-refractivity contribution in [2.75, 3.05) is 4.90 Å². The van der Waals surface area contributed by atoms with Gasteiger partial charge >= 0.3 is 0 Å². The minimum Gasteiger partial charge on any atom is -0.369 e. The number of anilines is 1. The molecule has 3 rings (SSSR count). The third kappa shape index (κ3) is 2.46. The van der Waals surface area contributed by atoms with Crippen molar-refractivity contribution in [1.29, 1.82) is 0 Å². The van der Waals surface area contributed by atoms with Gasteiger partial charge in [-0.3, -0.25) is 4.79 Å². The molecule has 1 amide bonds. The molecule has 0 saturated heterocycles. The van der Waals surface area contributed by atoms with Gasteiger partial charge in [0.25, 0.3) is 0 Å². The number of rotatable bonds is 3. The first kappa shape index (κ1) is 14.9. The number of amides is 1. The minimum atomic E-state index is -0.265. The number of benzene rings is 1. The number of imidazole rings is 1. The number of nitrogens with zero attached hydrogens (tertiary/aromatic N) is 3. The van der Waals surface area contributed by atoms with Gasteiger partial charge in [0, 0.05) is 18.8 Å². The molecule has 2 heterocycles. The Morgan fingerprint density at radius 1 is 1.45 bits per heavy atom. The molecule has 1 aliphatic rings. The maximum Gasteiger partial charge on any atom is 0.225 e. The van der Waals surface area contributed by atoms with Gasteiger partial charge in [-0.05, 0) is 25.0 Å². The first-order chi connectivity index (χ1) is 10.5. The zero-order chi connectivity index (χ0) is 15.9. The average molecular weight is 319 g/mol. The van der Waals surface area contributed by atoms with Crippen molar-refractivity contribution in [3.8, 4) is 0 Å². The zero-order valence-corrected chi connectivity index (χ0v) is 13.4. The lowest BCUT2D eigenvalue weighted by Gasteiger charge is -2.39. The molecule has 2 aromatic rings. The molecule has 1 aliphatic heterocycles. The molecule has 2 unspecified atom stereocenters. The Kier molecular flexibility index (Phi) is 3.83. The average Bonchev–Trinajstić information content (AvgIpc) is 2.81. The van der Waals surface area contributed by atoms with E-state index in [0.29, 0.717) is 18.1 Å². The van der Waals surface area contributed by atoms with Crippen LogP contribution in [0.2, 0.25) is 5.15 Å². The van der Waals surface area contributed by atoms with E-state index in [-0.39, 0.29) is 17.9 Å². The van der Waals surface area contributed by atoms with Gasteiger partial charge < -0.3 is 15.2 Å². The second-order valence-electron chi connectivity index (χ2n) is 5.78.